The summed E-state index contributed by atoms with van der Waals surface area (Å²) in [5, 5.41) is 1.99. The Morgan fingerprint density at radius 1 is 0.900 bits per heavy atom. The number of amides is 1. The fourth-order valence-corrected chi connectivity index (χ4v) is 6.25. The molecule has 3 aromatic rings. The van der Waals surface area contributed by atoms with Gasteiger partial charge in [-0.2, -0.15) is 0 Å². The average molecular weight is 562 g/mol. The van der Waals surface area contributed by atoms with E-state index in [1.54, 1.807) is 24.3 Å². The van der Waals surface area contributed by atoms with E-state index in [0.29, 0.717) is 34.2 Å². The summed E-state index contributed by atoms with van der Waals surface area (Å²) in [6.07, 6.45) is 6.30. The SMILES string of the molecule is COC(=O)c1ccc(S(=O)C(C(=O)Nc2ccc(OCC3CCCCC3)cc2)c2ccc(C(C)(C)C)cc2)cc1. The molecule has 0 spiro atoms. The number of methoxy groups -OCH3 is 1. The topological polar surface area (TPSA) is 81.7 Å². The van der Waals surface area contributed by atoms with Crippen molar-refractivity contribution in [2.75, 3.05) is 19.0 Å². The number of carbonyl (C=O) groups excluding carboxylic acids is 2. The van der Waals surface area contributed by atoms with Crippen molar-refractivity contribution in [3.05, 3.63) is 89.5 Å². The first-order chi connectivity index (χ1) is 19.2. The molecular weight excluding hydrogens is 522 g/mol. The van der Waals surface area contributed by atoms with Crippen LogP contribution in [0.5, 0.6) is 5.75 Å². The Labute approximate surface area is 239 Å². The van der Waals surface area contributed by atoms with E-state index in [2.05, 4.69) is 26.1 Å². The lowest BCUT2D eigenvalue weighted by molar-refractivity contribution is -0.115. The second-order valence-electron chi connectivity index (χ2n) is 11.4. The lowest BCUT2D eigenvalue weighted by Gasteiger charge is -2.22. The smallest absolute Gasteiger partial charge is 0.337 e. The Bertz CT molecular complexity index is 1300. The fraction of sp³-hybridized carbons (Fsp3) is 0.394. The van der Waals surface area contributed by atoms with E-state index in [4.69, 9.17) is 9.47 Å². The van der Waals surface area contributed by atoms with Crippen LogP contribution in [0.3, 0.4) is 0 Å². The molecular formula is C33H39NO5S. The van der Waals surface area contributed by atoms with Gasteiger partial charge in [-0.3, -0.25) is 9.00 Å². The summed E-state index contributed by atoms with van der Waals surface area (Å²) < 4.78 is 24.6. The van der Waals surface area contributed by atoms with Crippen LogP contribution in [0.2, 0.25) is 0 Å². The Morgan fingerprint density at radius 2 is 1.52 bits per heavy atom. The average Bonchev–Trinajstić information content (AvgIpc) is 2.97. The zero-order chi connectivity index (χ0) is 28.7. The molecule has 0 radical (unpaired) electrons. The molecule has 0 aliphatic heterocycles. The van der Waals surface area contributed by atoms with Crippen molar-refractivity contribution in [1.29, 1.82) is 0 Å². The third-order valence-corrected chi connectivity index (χ3v) is 9.02. The largest absolute Gasteiger partial charge is 0.493 e. The molecule has 4 rings (SSSR count). The molecule has 0 aromatic heterocycles. The number of ether oxygens (including phenoxy) is 2. The maximum absolute atomic E-state index is 13.8. The van der Waals surface area contributed by atoms with Crippen LogP contribution in [0, 0.1) is 5.92 Å². The Balaban J connectivity index is 1.53. The molecule has 1 aliphatic rings. The standard InChI is InChI=1S/C33H39NO5S/c1-33(2,3)26-14-10-24(11-15-26)30(40(37)29-20-12-25(13-21-29)32(36)38-4)31(35)34-27-16-18-28(19-17-27)39-22-23-8-6-5-7-9-23/h10-21,23,30H,5-9,22H2,1-4H3,(H,34,35). The third kappa shape index (κ3) is 7.60. The lowest BCUT2D eigenvalue weighted by atomic mass is 9.86. The van der Waals surface area contributed by atoms with E-state index in [-0.39, 0.29) is 11.3 Å². The van der Waals surface area contributed by atoms with Crippen molar-refractivity contribution in [1.82, 2.24) is 0 Å². The quantitative estimate of drug-likeness (QED) is 0.279. The number of esters is 1. The number of benzene rings is 3. The third-order valence-electron chi connectivity index (χ3n) is 7.37. The van der Waals surface area contributed by atoms with Gasteiger partial charge in [0.05, 0.1) is 30.1 Å². The van der Waals surface area contributed by atoms with E-state index < -0.39 is 22.0 Å². The molecule has 2 unspecified atom stereocenters. The van der Waals surface area contributed by atoms with Crippen molar-refractivity contribution in [3.8, 4) is 5.75 Å². The molecule has 1 saturated carbocycles. The molecule has 3 aromatic carbocycles. The van der Waals surface area contributed by atoms with Crippen LogP contribution in [0.15, 0.2) is 77.7 Å². The van der Waals surface area contributed by atoms with Gasteiger partial charge in [0.15, 0.2) is 0 Å². The minimum Gasteiger partial charge on any atom is -0.493 e. The molecule has 1 amide bonds. The molecule has 212 valence electrons. The highest BCUT2D eigenvalue weighted by atomic mass is 32.2. The first kappa shape index (κ1) is 29.5. The van der Waals surface area contributed by atoms with Crippen molar-refractivity contribution in [3.63, 3.8) is 0 Å². The van der Waals surface area contributed by atoms with Crippen LogP contribution in [0.4, 0.5) is 5.69 Å². The molecule has 0 heterocycles. The van der Waals surface area contributed by atoms with Crippen molar-refractivity contribution in [2.24, 2.45) is 5.92 Å². The minimum atomic E-state index is -1.73. The van der Waals surface area contributed by atoms with E-state index in [0.717, 1.165) is 11.3 Å². The molecule has 0 bridgehead atoms. The highest BCUT2D eigenvalue weighted by Crippen LogP contribution is 2.31. The van der Waals surface area contributed by atoms with Crippen LogP contribution in [0.25, 0.3) is 0 Å². The first-order valence-electron chi connectivity index (χ1n) is 13.9. The summed E-state index contributed by atoms with van der Waals surface area (Å²) >= 11 is 0. The summed E-state index contributed by atoms with van der Waals surface area (Å²) in [7, 11) is -0.415. The van der Waals surface area contributed by atoms with Gasteiger partial charge in [0.25, 0.3) is 0 Å². The van der Waals surface area contributed by atoms with E-state index in [1.165, 1.54) is 39.2 Å². The Morgan fingerprint density at radius 3 is 2.10 bits per heavy atom. The molecule has 40 heavy (non-hydrogen) atoms. The monoisotopic (exact) mass is 561 g/mol. The number of hydrogen-bond donors (Lipinski definition) is 1. The van der Waals surface area contributed by atoms with Gasteiger partial charge in [0.2, 0.25) is 5.91 Å². The van der Waals surface area contributed by atoms with Crippen LogP contribution in [0.1, 0.15) is 79.6 Å². The number of anilines is 1. The van der Waals surface area contributed by atoms with Crippen molar-refractivity contribution in [2.45, 2.75) is 68.4 Å². The highest BCUT2D eigenvalue weighted by Gasteiger charge is 2.29. The van der Waals surface area contributed by atoms with Gasteiger partial charge in [-0.25, -0.2) is 4.79 Å². The summed E-state index contributed by atoms with van der Waals surface area (Å²) in [4.78, 5) is 25.9. The zero-order valence-corrected chi connectivity index (χ0v) is 24.6. The van der Waals surface area contributed by atoms with Crippen LogP contribution < -0.4 is 10.1 Å². The fourth-order valence-electron chi connectivity index (χ4n) is 4.92. The second kappa shape index (κ2) is 13.3. The number of hydrogen-bond acceptors (Lipinski definition) is 5. The first-order valence-corrected chi connectivity index (χ1v) is 15.1. The lowest BCUT2D eigenvalue weighted by Crippen LogP contribution is -2.25. The summed E-state index contributed by atoms with van der Waals surface area (Å²) in [5.41, 5.74) is 2.66. The normalized spacial score (nSPS) is 15.6. The van der Waals surface area contributed by atoms with Gasteiger partial charge in [-0.15, -0.1) is 0 Å². The molecule has 7 heteroatoms. The molecule has 0 saturated heterocycles. The minimum absolute atomic E-state index is 0.0556. The second-order valence-corrected chi connectivity index (χ2v) is 12.9. The highest BCUT2D eigenvalue weighted by molar-refractivity contribution is 7.86. The molecule has 1 N–H and O–H groups in total. The molecule has 2 atom stereocenters. The van der Waals surface area contributed by atoms with Gasteiger partial charge in [-0.1, -0.05) is 64.3 Å². The van der Waals surface area contributed by atoms with Gasteiger partial charge in [0, 0.05) is 10.6 Å². The molecule has 1 fully saturated rings. The van der Waals surface area contributed by atoms with Crippen molar-refractivity contribution < 1.29 is 23.3 Å². The van der Waals surface area contributed by atoms with Gasteiger partial charge in [-0.05, 0) is 83.8 Å². The maximum atomic E-state index is 13.8. The van der Waals surface area contributed by atoms with E-state index >= 15 is 0 Å². The molecule has 6 nitrogen and oxygen atoms in total. The van der Waals surface area contributed by atoms with Gasteiger partial charge < -0.3 is 14.8 Å². The van der Waals surface area contributed by atoms with Crippen molar-refractivity contribution >= 4 is 28.4 Å². The van der Waals surface area contributed by atoms with Crippen LogP contribution >= 0.6 is 0 Å². The van der Waals surface area contributed by atoms with Crippen LogP contribution in [-0.2, 0) is 25.7 Å². The van der Waals surface area contributed by atoms with Gasteiger partial charge in [0.1, 0.15) is 11.0 Å². The Hall–Kier alpha value is -3.45. The number of rotatable bonds is 9. The van der Waals surface area contributed by atoms with E-state index in [9.17, 15) is 13.8 Å². The number of carbonyl (C=O) groups is 2. The summed E-state index contributed by atoms with van der Waals surface area (Å²) in [6, 6.07) is 21.3. The maximum Gasteiger partial charge on any atom is 0.337 e. The summed E-state index contributed by atoms with van der Waals surface area (Å²) in [5.74, 6) is 0.521. The van der Waals surface area contributed by atoms with E-state index in [1.807, 2.05) is 48.5 Å². The zero-order valence-electron chi connectivity index (χ0n) is 23.8. The van der Waals surface area contributed by atoms with Gasteiger partial charge >= 0.3 is 5.97 Å². The molecule has 1 aliphatic carbocycles. The van der Waals surface area contributed by atoms with Crippen LogP contribution in [-0.4, -0.2) is 29.8 Å². The summed E-state index contributed by atoms with van der Waals surface area (Å²) in [6.45, 7) is 7.08. The number of nitrogens with one attached hydrogen (secondary N) is 1. The Kier molecular flexibility index (Phi) is 9.80. The predicted octanol–water partition coefficient (Wildman–Crippen LogP) is 7.22. The predicted molar refractivity (Wildman–Crippen MR) is 159 cm³/mol.